The summed E-state index contributed by atoms with van der Waals surface area (Å²) in [5, 5.41) is 0.774. The molecule has 1 rings (SSSR count). The van der Waals surface area contributed by atoms with E-state index in [2.05, 4.69) is 6.58 Å². The van der Waals surface area contributed by atoms with Gasteiger partial charge in [0.1, 0.15) is 0 Å². The first-order chi connectivity index (χ1) is 7.69. The minimum atomic E-state index is 0.0671. The number of hydrogen-bond donors (Lipinski definition) is 0. The van der Waals surface area contributed by atoms with Crippen LogP contribution < -0.4 is 15.2 Å². The van der Waals surface area contributed by atoms with E-state index >= 15 is 0 Å². The average Bonchev–Trinajstić information content (AvgIpc) is 2.29. The molecule has 0 radical (unpaired) electrons. The van der Waals surface area contributed by atoms with Crippen molar-refractivity contribution in [1.29, 1.82) is 0 Å². The molecule has 1 aromatic heterocycles. The van der Waals surface area contributed by atoms with Gasteiger partial charge in [-0.3, -0.25) is 4.79 Å². The molecule has 0 unspecified atom stereocenters. The molecule has 0 N–H and O–H groups in total. The largest absolute Gasteiger partial charge is 0.289 e. The topological polar surface area (TPSA) is 17.1 Å². The Morgan fingerprint density at radius 1 is 1.19 bits per heavy atom. The Morgan fingerprint density at radius 3 is 2.31 bits per heavy atom. The molecule has 16 heavy (non-hydrogen) atoms. The van der Waals surface area contributed by atoms with Gasteiger partial charge in [0, 0.05) is 20.2 Å². The molecule has 1 nitrogen and oxygen atoms in total. The highest BCUT2D eigenvalue weighted by atomic mass is 32.1. The fraction of sp³-hybridized carbons (Fsp3) is 0.214. The van der Waals surface area contributed by atoms with Gasteiger partial charge >= 0.3 is 0 Å². The molecular formula is C14H16OS. The highest BCUT2D eigenvalue weighted by Gasteiger charge is 2.04. The van der Waals surface area contributed by atoms with Gasteiger partial charge in [-0.2, -0.15) is 0 Å². The van der Waals surface area contributed by atoms with Crippen molar-refractivity contribution < 1.29 is 0 Å². The molecule has 2 heteroatoms. The standard InChI is InChI=1S/C14H16OS/c1-5-9-13-11(7-3)14(15)10(6-2)12(8-4)16-13/h5-9H,3H2,1-2,4H3/b9-5-,10-6+,12-8+. The van der Waals surface area contributed by atoms with Crippen molar-refractivity contribution in [2.24, 2.45) is 0 Å². The summed E-state index contributed by atoms with van der Waals surface area (Å²) in [4.78, 5) is 13.1. The predicted octanol–water partition coefficient (Wildman–Crippen LogP) is 2.39. The van der Waals surface area contributed by atoms with E-state index in [0.29, 0.717) is 5.56 Å². The first kappa shape index (κ1) is 12.7. The van der Waals surface area contributed by atoms with Crippen molar-refractivity contribution in [3.8, 4) is 0 Å². The molecule has 0 bridgehead atoms. The molecule has 0 aromatic carbocycles. The van der Waals surface area contributed by atoms with Crippen LogP contribution >= 0.6 is 11.3 Å². The van der Waals surface area contributed by atoms with Gasteiger partial charge in [0.05, 0.1) is 0 Å². The molecule has 1 aromatic rings. The molecular weight excluding hydrogens is 216 g/mol. The average molecular weight is 232 g/mol. The third-order valence-electron chi connectivity index (χ3n) is 2.31. The van der Waals surface area contributed by atoms with Crippen LogP contribution in [-0.2, 0) is 0 Å². The van der Waals surface area contributed by atoms with Crippen LogP contribution in [0.1, 0.15) is 31.2 Å². The van der Waals surface area contributed by atoms with Gasteiger partial charge < -0.3 is 0 Å². The molecule has 0 aliphatic rings. The van der Waals surface area contributed by atoms with E-state index in [-0.39, 0.29) is 5.43 Å². The molecule has 0 saturated carbocycles. The Balaban J connectivity index is 3.91. The highest BCUT2D eigenvalue weighted by molar-refractivity contribution is 7.10. The fourth-order valence-corrected chi connectivity index (χ4v) is 2.72. The quantitative estimate of drug-likeness (QED) is 0.765. The van der Waals surface area contributed by atoms with Gasteiger partial charge in [-0.05, 0) is 26.8 Å². The third-order valence-corrected chi connectivity index (χ3v) is 3.56. The summed E-state index contributed by atoms with van der Waals surface area (Å²) in [6.45, 7) is 9.50. The third kappa shape index (κ3) is 2.22. The van der Waals surface area contributed by atoms with Gasteiger partial charge in [0.15, 0.2) is 5.43 Å². The smallest absolute Gasteiger partial charge is 0.195 e. The van der Waals surface area contributed by atoms with Crippen LogP contribution in [0.25, 0.3) is 24.3 Å². The van der Waals surface area contributed by atoms with Gasteiger partial charge in [0.2, 0.25) is 0 Å². The summed E-state index contributed by atoms with van der Waals surface area (Å²) < 4.78 is 1.02. The Kier molecular flexibility index (Phi) is 4.44. The lowest BCUT2D eigenvalue weighted by Crippen LogP contribution is -2.38. The minimum Gasteiger partial charge on any atom is -0.289 e. The second kappa shape index (κ2) is 5.61. The van der Waals surface area contributed by atoms with Crippen LogP contribution in [0.3, 0.4) is 0 Å². The van der Waals surface area contributed by atoms with Gasteiger partial charge in [-0.25, -0.2) is 0 Å². The van der Waals surface area contributed by atoms with Crippen LogP contribution in [-0.4, -0.2) is 0 Å². The molecule has 0 aliphatic heterocycles. The Labute approximate surface area is 99.8 Å². The van der Waals surface area contributed by atoms with Crippen molar-refractivity contribution in [1.82, 2.24) is 0 Å². The normalized spacial score (nSPS) is 13.7. The van der Waals surface area contributed by atoms with Crippen LogP contribution in [0.15, 0.2) is 17.4 Å². The zero-order valence-electron chi connectivity index (χ0n) is 9.91. The fourth-order valence-electron chi connectivity index (χ4n) is 1.55. The van der Waals surface area contributed by atoms with Crippen molar-refractivity contribution in [3.63, 3.8) is 0 Å². The van der Waals surface area contributed by atoms with Crippen molar-refractivity contribution in [2.45, 2.75) is 20.8 Å². The molecule has 84 valence electrons. The van der Waals surface area contributed by atoms with Gasteiger partial charge in [0.25, 0.3) is 0 Å². The molecule has 0 fully saturated rings. The van der Waals surface area contributed by atoms with Crippen LogP contribution in [0, 0.1) is 0 Å². The Morgan fingerprint density at radius 2 is 1.88 bits per heavy atom. The van der Waals surface area contributed by atoms with E-state index in [1.165, 1.54) is 0 Å². The lowest BCUT2D eigenvalue weighted by Gasteiger charge is -1.99. The Hall–Kier alpha value is -1.41. The lowest BCUT2D eigenvalue weighted by molar-refractivity contribution is 1.47. The monoisotopic (exact) mass is 232 g/mol. The number of allylic oxidation sites excluding steroid dienone is 1. The summed E-state index contributed by atoms with van der Waals surface area (Å²) in [5.74, 6) is 0. The SMILES string of the molecule is C=Cc1c(/C=C\C)sc(=C/C)/c(=C\C)c1=O. The maximum Gasteiger partial charge on any atom is 0.195 e. The van der Waals surface area contributed by atoms with Crippen molar-refractivity contribution in [3.05, 3.63) is 43.1 Å². The van der Waals surface area contributed by atoms with Crippen LogP contribution in [0.2, 0.25) is 0 Å². The molecule has 0 atom stereocenters. The molecule has 0 amide bonds. The lowest BCUT2D eigenvalue weighted by atomic mass is 10.2. The summed E-state index contributed by atoms with van der Waals surface area (Å²) >= 11 is 1.62. The van der Waals surface area contributed by atoms with E-state index in [0.717, 1.165) is 14.6 Å². The summed E-state index contributed by atoms with van der Waals surface area (Å²) in [6, 6.07) is 0. The zero-order valence-corrected chi connectivity index (χ0v) is 10.7. The molecule has 1 heterocycles. The summed E-state index contributed by atoms with van der Waals surface area (Å²) in [6.07, 6.45) is 9.37. The summed E-state index contributed by atoms with van der Waals surface area (Å²) in [7, 11) is 0. The predicted molar refractivity (Wildman–Crippen MR) is 74.9 cm³/mol. The highest BCUT2D eigenvalue weighted by Crippen LogP contribution is 2.09. The van der Waals surface area contributed by atoms with Crippen LogP contribution in [0.4, 0.5) is 0 Å². The van der Waals surface area contributed by atoms with Crippen LogP contribution in [0.5, 0.6) is 0 Å². The van der Waals surface area contributed by atoms with E-state index in [1.54, 1.807) is 17.4 Å². The van der Waals surface area contributed by atoms with Gasteiger partial charge in [-0.1, -0.05) is 30.9 Å². The minimum absolute atomic E-state index is 0.0671. The molecule has 0 spiro atoms. The second-order valence-electron chi connectivity index (χ2n) is 3.27. The second-order valence-corrected chi connectivity index (χ2v) is 4.35. The summed E-state index contributed by atoms with van der Waals surface area (Å²) in [5.41, 5.74) is 0.763. The van der Waals surface area contributed by atoms with E-state index < -0.39 is 0 Å². The molecule has 0 aliphatic carbocycles. The maximum atomic E-state index is 12.2. The maximum absolute atomic E-state index is 12.2. The zero-order chi connectivity index (χ0) is 12.1. The number of rotatable bonds is 2. The number of hydrogen-bond acceptors (Lipinski definition) is 2. The van der Waals surface area contributed by atoms with Gasteiger partial charge in [-0.15, -0.1) is 11.3 Å². The van der Waals surface area contributed by atoms with E-state index in [9.17, 15) is 4.79 Å². The van der Waals surface area contributed by atoms with E-state index in [4.69, 9.17) is 0 Å². The first-order valence-corrected chi connectivity index (χ1v) is 6.06. The Bertz CT molecular complexity index is 588. The van der Waals surface area contributed by atoms with Crippen molar-refractivity contribution in [2.75, 3.05) is 0 Å². The first-order valence-electron chi connectivity index (χ1n) is 5.24. The molecule has 0 saturated heterocycles. The van der Waals surface area contributed by atoms with Crippen molar-refractivity contribution >= 4 is 35.6 Å². The van der Waals surface area contributed by atoms with E-state index in [1.807, 2.05) is 45.1 Å².